The average Bonchev–Trinajstić information content (AvgIpc) is 3.16. The zero-order valence-corrected chi connectivity index (χ0v) is 13.4. The molecule has 0 fully saturated rings. The summed E-state index contributed by atoms with van der Waals surface area (Å²) in [5.41, 5.74) is 1.48. The molecule has 1 amide bonds. The average molecular weight is 337 g/mol. The van der Waals surface area contributed by atoms with Gasteiger partial charge in [-0.3, -0.25) is 14.9 Å². The van der Waals surface area contributed by atoms with Gasteiger partial charge in [-0.25, -0.2) is 0 Å². The molecule has 2 aromatic carbocycles. The molecule has 1 aromatic heterocycles. The van der Waals surface area contributed by atoms with E-state index in [1.54, 1.807) is 12.1 Å². The molecule has 0 spiro atoms. The molecule has 3 aromatic rings. The van der Waals surface area contributed by atoms with E-state index in [1.807, 2.05) is 41.2 Å². The van der Waals surface area contributed by atoms with E-state index in [4.69, 9.17) is 4.74 Å². The minimum atomic E-state index is -0.527. The van der Waals surface area contributed by atoms with Crippen molar-refractivity contribution in [2.75, 3.05) is 12.4 Å². The zero-order valence-electron chi connectivity index (χ0n) is 13.4. The number of anilines is 1. The standard InChI is InChI=1S/C18H15N3O4/c1-25-17-9-8-15(21(23)24)12-16(17)19-18(22)13-4-6-14(7-5-13)20-10-2-3-11-20/h2-12H,1H3,(H,19,22). The number of aromatic nitrogens is 1. The van der Waals surface area contributed by atoms with Crippen LogP contribution in [0.5, 0.6) is 5.75 Å². The van der Waals surface area contributed by atoms with Gasteiger partial charge in [-0.2, -0.15) is 0 Å². The Kier molecular flexibility index (Phi) is 4.47. The highest BCUT2D eigenvalue weighted by molar-refractivity contribution is 6.05. The third-order valence-corrected chi connectivity index (χ3v) is 3.67. The highest BCUT2D eigenvalue weighted by Crippen LogP contribution is 2.29. The lowest BCUT2D eigenvalue weighted by Gasteiger charge is -2.10. The Balaban J connectivity index is 1.82. The van der Waals surface area contributed by atoms with E-state index in [2.05, 4.69) is 5.32 Å². The number of carbonyl (C=O) groups is 1. The van der Waals surface area contributed by atoms with Crippen molar-refractivity contribution in [3.05, 3.63) is 82.7 Å². The Morgan fingerprint density at radius 1 is 1.12 bits per heavy atom. The van der Waals surface area contributed by atoms with Gasteiger partial charge in [0, 0.05) is 35.8 Å². The Hall–Kier alpha value is -3.61. The third-order valence-electron chi connectivity index (χ3n) is 3.67. The molecule has 1 heterocycles. The quantitative estimate of drug-likeness (QED) is 0.569. The van der Waals surface area contributed by atoms with Crippen LogP contribution in [0.3, 0.4) is 0 Å². The van der Waals surface area contributed by atoms with Crippen LogP contribution in [0.2, 0.25) is 0 Å². The van der Waals surface area contributed by atoms with Crippen molar-refractivity contribution in [2.45, 2.75) is 0 Å². The molecule has 0 aliphatic carbocycles. The first-order valence-electron chi connectivity index (χ1n) is 7.45. The van der Waals surface area contributed by atoms with Crippen LogP contribution in [0, 0.1) is 10.1 Å². The number of hydrogen-bond acceptors (Lipinski definition) is 4. The number of ether oxygens (including phenoxy) is 1. The minimum Gasteiger partial charge on any atom is -0.495 e. The molecule has 0 saturated heterocycles. The summed E-state index contributed by atoms with van der Waals surface area (Å²) in [7, 11) is 1.43. The van der Waals surface area contributed by atoms with Crippen LogP contribution in [0.4, 0.5) is 11.4 Å². The molecule has 25 heavy (non-hydrogen) atoms. The van der Waals surface area contributed by atoms with Crippen LogP contribution in [-0.2, 0) is 0 Å². The largest absolute Gasteiger partial charge is 0.495 e. The maximum atomic E-state index is 12.4. The number of non-ortho nitro benzene ring substituents is 1. The molecule has 126 valence electrons. The summed E-state index contributed by atoms with van der Waals surface area (Å²) in [4.78, 5) is 22.8. The fraction of sp³-hybridized carbons (Fsp3) is 0.0556. The Labute approximate surface area is 143 Å². The zero-order chi connectivity index (χ0) is 17.8. The van der Waals surface area contributed by atoms with Gasteiger partial charge in [0.2, 0.25) is 0 Å². The van der Waals surface area contributed by atoms with Crippen LogP contribution in [0.15, 0.2) is 67.0 Å². The second kappa shape index (κ2) is 6.88. The van der Waals surface area contributed by atoms with Crippen molar-refractivity contribution < 1.29 is 14.5 Å². The number of nitrogens with one attached hydrogen (secondary N) is 1. The third kappa shape index (κ3) is 3.50. The Bertz CT molecular complexity index is 903. The van der Waals surface area contributed by atoms with E-state index >= 15 is 0 Å². The van der Waals surface area contributed by atoms with Crippen molar-refractivity contribution in [1.29, 1.82) is 0 Å². The molecule has 0 bridgehead atoms. The van der Waals surface area contributed by atoms with E-state index in [0.29, 0.717) is 11.3 Å². The van der Waals surface area contributed by atoms with Crippen LogP contribution in [-0.4, -0.2) is 22.5 Å². The van der Waals surface area contributed by atoms with E-state index in [0.717, 1.165) is 5.69 Å². The second-order valence-corrected chi connectivity index (χ2v) is 5.23. The van der Waals surface area contributed by atoms with E-state index in [9.17, 15) is 14.9 Å². The lowest BCUT2D eigenvalue weighted by molar-refractivity contribution is -0.384. The molecular formula is C18H15N3O4. The minimum absolute atomic E-state index is 0.126. The smallest absolute Gasteiger partial charge is 0.271 e. The molecule has 0 atom stereocenters. The van der Waals surface area contributed by atoms with Crippen molar-refractivity contribution in [3.8, 4) is 11.4 Å². The molecule has 0 radical (unpaired) electrons. The molecule has 7 heteroatoms. The maximum Gasteiger partial charge on any atom is 0.271 e. The number of carbonyl (C=O) groups excluding carboxylic acids is 1. The number of nitrogens with zero attached hydrogens (tertiary/aromatic N) is 2. The summed E-state index contributed by atoms with van der Waals surface area (Å²) < 4.78 is 7.07. The van der Waals surface area contributed by atoms with Gasteiger partial charge in [0.25, 0.3) is 11.6 Å². The second-order valence-electron chi connectivity index (χ2n) is 5.23. The van der Waals surface area contributed by atoms with Crippen LogP contribution in [0.1, 0.15) is 10.4 Å². The molecule has 0 saturated carbocycles. The van der Waals surface area contributed by atoms with Crippen LogP contribution >= 0.6 is 0 Å². The van der Waals surface area contributed by atoms with Crippen molar-refractivity contribution in [3.63, 3.8) is 0 Å². The van der Waals surface area contributed by atoms with Gasteiger partial charge in [0.15, 0.2) is 0 Å². The van der Waals surface area contributed by atoms with E-state index < -0.39 is 4.92 Å². The summed E-state index contributed by atoms with van der Waals surface area (Å²) in [5.74, 6) is -0.0271. The van der Waals surface area contributed by atoms with Crippen LogP contribution in [0.25, 0.3) is 5.69 Å². The maximum absolute atomic E-state index is 12.4. The SMILES string of the molecule is COc1ccc([N+](=O)[O-])cc1NC(=O)c1ccc(-n2cccc2)cc1. The predicted molar refractivity (Wildman–Crippen MR) is 93.4 cm³/mol. The highest BCUT2D eigenvalue weighted by Gasteiger charge is 2.14. The topological polar surface area (TPSA) is 86.4 Å². The number of hydrogen-bond donors (Lipinski definition) is 1. The molecule has 0 aliphatic heterocycles. The predicted octanol–water partition coefficient (Wildman–Crippen LogP) is 3.65. The summed E-state index contributed by atoms with van der Waals surface area (Å²) in [6, 6.07) is 14.9. The number of nitro groups is 1. The summed E-state index contributed by atoms with van der Waals surface area (Å²) in [6.07, 6.45) is 3.81. The number of methoxy groups -OCH3 is 1. The van der Waals surface area contributed by atoms with Crippen molar-refractivity contribution in [1.82, 2.24) is 4.57 Å². The lowest BCUT2D eigenvalue weighted by atomic mass is 10.1. The van der Waals surface area contributed by atoms with Gasteiger partial charge >= 0.3 is 0 Å². The lowest BCUT2D eigenvalue weighted by Crippen LogP contribution is -2.13. The monoisotopic (exact) mass is 337 g/mol. The van der Waals surface area contributed by atoms with Gasteiger partial charge in [-0.05, 0) is 42.5 Å². The van der Waals surface area contributed by atoms with Gasteiger partial charge in [0.1, 0.15) is 5.75 Å². The fourth-order valence-corrected chi connectivity index (χ4v) is 2.39. The van der Waals surface area contributed by atoms with Gasteiger partial charge in [-0.1, -0.05) is 0 Å². The molecule has 1 N–H and O–H groups in total. The number of rotatable bonds is 5. The molecular weight excluding hydrogens is 322 g/mol. The first-order chi connectivity index (χ1) is 12.1. The normalized spacial score (nSPS) is 10.3. The van der Waals surface area contributed by atoms with Gasteiger partial charge in [-0.15, -0.1) is 0 Å². The Morgan fingerprint density at radius 3 is 2.40 bits per heavy atom. The van der Waals surface area contributed by atoms with E-state index in [-0.39, 0.29) is 17.3 Å². The molecule has 0 aliphatic rings. The van der Waals surface area contributed by atoms with Crippen molar-refractivity contribution >= 4 is 17.3 Å². The van der Waals surface area contributed by atoms with E-state index in [1.165, 1.54) is 25.3 Å². The Morgan fingerprint density at radius 2 is 1.80 bits per heavy atom. The first kappa shape index (κ1) is 16.3. The number of amides is 1. The fourth-order valence-electron chi connectivity index (χ4n) is 2.39. The first-order valence-corrected chi connectivity index (χ1v) is 7.45. The van der Waals surface area contributed by atoms with Gasteiger partial charge in [0.05, 0.1) is 17.7 Å². The molecule has 0 unspecified atom stereocenters. The van der Waals surface area contributed by atoms with Crippen molar-refractivity contribution in [2.24, 2.45) is 0 Å². The summed E-state index contributed by atoms with van der Waals surface area (Å²) >= 11 is 0. The summed E-state index contributed by atoms with van der Waals surface area (Å²) in [5, 5.41) is 13.6. The highest BCUT2D eigenvalue weighted by atomic mass is 16.6. The van der Waals surface area contributed by atoms with Crippen LogP contribution < -0.4 is 10.1 Å². The molecule has 3 rings (SSSR count). The number of benzene rings is 2. The summed E-state index contributed by atoms with van der Waals surface area (Å²) in [6.45, 7) is 0. The van der Waals surface area contributed by atoms with Gasteiger partial charge < -0.3 is 14.6 Å². The molecule has 7 nitrogen and oxygen atoms in total. The number of nitro benzene ring substituents is 1.